The summed E-state index contributed by atoms with van der Waals surface area (Å²) in [5.41, 5.74) is -0.211. The van der Waals surface area contributed by atoms with Crippen LogP contribution in [0.2, 0.25) is 0 Å². The number of carboxylic acids is 1. The van der Waals surface area contributed by atoms with Gasteiger partial charge in [-0.25, -0.2) is 0 Å². The number of carboxylic acid groups (broad SMARTS) is 1. The minimum atomic E-state index is -1.07. The summed E-state index contributed by atoms with van der Waals surface area (Å²) in [5, 5.41) is 28.4. The van der Waals surface area contributed by atoms with Crippen LogP contribution in [0.15, 0.2) is 12.1 Å². The van der Waals surface area contributed by atoms with Gasteiger partial charge in [-0.05, 0) is 37.5 Å². The molecule has 4 nitrogen and oxygen atoms in total. The van der Waals surface area contributed by atoms with Crippen LogP contribution in [0.4, 0.5) is 0 Å². The zero-order chi connectivity index (χ0) is 11.2. The Morgan fingerprint density at radius 1 is 1.27 bits per heavy atom. The quantitative estimate of drug-likeness (QED) is 0.688. The molecule has 0 aliphatic heterocycles. The van der Waals surface area contributed by atoms with Crippen molar-refractivity contribution >= 4 is 5.97 Å². The van der Waals surface area contributed by atoms with Crippen LogP contribution in [0.5, 0.6) is 11.5 Å². The zero-order valence-electron chi connectivity index (χ0n) is 8.32. The molecule has 15 heavy (non-hydrogen) atoms. The van der Waals surface area contributed by atoms with E-state index in [9.17, 15) is 15.0 Å². The number of phenols is 2. The van der Waals surface area contributed by atoms with Gasteiger partial charge >= 0.3 is 5.97 Å². The van der Waals surface area contributed by atoms with Gasteiger partial charge in [0.25, 0.3) is 0 Å². The monoisotopic (exact) mass is 208 g/mol. The Labute approximate surface area is 86.8 Å². The first-order valence-electron chi connectivity index (χ1n) is 4.74. The second-order valence-corrected chi connectivity index (χ2v) is 4.07. The van der Waals surface area contributed by atoms with Crippen LogP contribution in [-0.2, 0) is 10.2 Å². The summed E-state index contributed by atoms with van der Waals surface area (Å²) >= 11 is 0. The normalized spacial score (nSPS) is 17.4. The van der Waals surface area contributed by atoms with Crippen molar-refractivity contribution in [2.45, 2.75) is 25.2 Å². The second-order valence-electron chi connectivity index (χ2n) is 4.07. The molecule has 0 saturated heterocycles. The first kappa shape index (κ1) is 9.83. The smallest absolute Gasteiger partial charge is 0.314 e. The summed E-state index contributed by atoms with van der Waals surface area (Å²) in [6, 6.07) is 2.94. The molecule has 80 valence electrons. The van der Waals surface area contributed by atoms with Crippen LogP contribution in [0.1, 0.15) is 24.0 Å². The average Bonchev–Trinajstić information content (AvgIpc) is 2.83. The summed E-state index contributed by atoms with van der Waals surface area (Å²) in [7, 11) is 0. The average molecular weight is 208 g/mol. The van der Waals surface area contributed by atoms with E-state index in [1.807, 2.05) is 0 Å². The predicted molar refractivity (Wildman–Crippen MR) is 53.1 cm³/mol. The first-order valence-corrected chi connectivity index (χ1v) is 4.74. The van der Waals surface area contributed by atoms with Gasteiger partial charge < -0.3 is 15.3 Å². The predicted octanol–water partition coefficient (Wildman–Crippen LogP) is 1.52. The summed E-state index contributed by atoms with van der Waals surface area (Å²) in [5.74, 6) is -1.25. The van der Waals surface area contributed by atoms with Gasteiger partial charge in [-0.2, -0.15) is 0 Å². The number of rotatable bonds is 2. The SMILES string of the molecule is Cc1cc(O)c(C2(C(=O)O)CC2)c(O)c1. The van der Waals surface area contributed by atoms with Crippen LogP contribution < -0.4 is 0 Å². The molecule has 1 aliphatic carbocycles. The van der Waals surface area contributed by atoms with E-state index in [1.54, 1.807) is 6.92 Å². The number of phenolic OH excluding ortho intramolecular Hbond substituents is 2. The molecule has 0 aromatic heterocycles. The van der Waals surface area contributed by atoms with Crippen molar-refractivity contribution in [3.05, 3.63) is 23.3 Å². The highest BCUT2D eigenvalue weighted by Crippen LogP contribution is 2.54. The Hall–Kier alpha value is -1.71. The first-order chi connectivity index (χ1) is 6.97. The molecule has 0 heterocycles. The molecule has 0 radical (unpaired) electrons. The number of hydrogen-bond acceptors (Lipinski definition) is 3. The summed E-state index contributed by atoms with van der Waals surface area (Å²) in [4.78, 5) is 11.1. The fourth-order valence-electron chi connectivity index (χ4n) is 1.93. The molecular formula is C11H12O4. The lowest BCUT2D eigenvalue weighted by Crippen LogP contribution is -2.19. The maximum Gasteiger partial charge on any atom is 0.314 e. The van der Waals surface area contributed by atoms with Crippen molar-refractivity contribution < 1.29 is 20.1 Å². The van der Waals surface area contributed by atoms with E-state index in [2.05, 4.69) is 0 Å². The van der Waals surface area contributed by atoms with Crippen molar-refractivity contribution in [3.8, 4) is 11.5 Å². The van der Waals surface area contributed by atoms with E-state index in [-0.39, 0.29) is 17.1 Å². The molecule has 0 unspecified atom stereocenters. The summed E-state index contributed by atoms with van der Waals surface area (Å²) < 4.78 is 0. The van der Waals surface area contributed by atoms with Crippen LogP contribution in [-0.4, -0.2) is 21.3 Å². The van der Waals surface area contributed by atoms with Crippen molar-refractivity contribution in [2.24, 2.45) is 0 Å². The van der Waals surface area contributed by atoms with E-state index in [4.69, 9.17) is 5.11 Å². The molecule has 1 aromatic carbocycles. The van der Waals surface area contributed by atoms with Gasteiger partial charge in [-0.3, -0.25) is 4.79 Å². The summed E-state index contributed by atoms with van der Waals surface area (Å²) in [6.07, 6.45) is 0.930. The molecule has 1 fully saturated rings. The van der Waals surface area contributed by atoms with Crippen LogP contribution in [0.25, 0.3) is 0 Å². The molecule has 1 saturated carbocycles. The highest BCUT2D eigenvalue weighted by Gasteiger charge is 2.54. The Kier molecular flexibility index (Phi) is 1.89. The number of aromatic hydroxyl groups is 2. The van der Waals surface area contributed by atoms with E-state index in [1.165, 1.54) is 12.1 Å². The number of hydrogen-bond donors (Lipinski definition) is 3. The maximum atomic E-state index is 11.1. The molecule has 4 heteroatoms. The highest BCUT2D eigenvalue weighted by molar-refractivity contribution is 5.87. The lowest BCUT2D eigenvalue weighted by molar-refractivity contribution is -0.140. The van der Waals surface area contributed by atoms with Crippen molar-refractivity contribution in [2.75, 3.05) is 0 Å². The molecular weight excluding hydrogens is 196 g/mol. The number of benzene rings is 1. The van der Waals surface area contributed by atoms with E-state index in [0.717, 1.165) is 0 Å². The molecule has 2 rings (SSSR count). The third-order valence-electron chi connectivity index (χ3n) is 2.88. The molecule has 0 bridgehead atoms. The highest BCUT2D eigenvalue weighted by atomic mass is 16.4. The Morgan fingerprint density at radius 2 is 1.73 bits per heavy atom. The molecule has 0 amide bonds. The van der Waals surface area contributed by atoms with E-state index < -0.39 is 11.4 Å². The van der Waals surface area contributed by atoms with Crippen LogP contribution >= 0.6 is 0 Å². The number of carbonyl (C=O) groups is 1. The standard InChI is InChI=1S/C11H12O4/c1-6-4-7(12)9(8(13)5-6)11(2-3-11)10(14)15/h4-5,12-13H,2-3H2,1H3,(H,14,15). The molecule has 3 N–H and O–H groups in total. The molecule has 1 aliphatic rings. The fraction of sp³-hybridized carbons (Fsp3) is 0.364. The van der Waals surface area contributed by atoms with Crippen molar-refractivity contribution in [1.82, 2.24) is 0 Å². The van der Waals surface area contributed by atoms with E-state index >= 15 is 0 Å². The van der Waals surface area contributed by atoms with Crippen molar-refractivity contribution in [3.63, 3.8) is 0 Å². The zero-order valence-corrected chi connectivity index (χ0v) is 8.32. The van der Waals surface area contributed by atoms with Gasteiger partial charge in [0, 0.05) is 0 Å². The van der Waals surface area contributed by atoms with Crippen LogP contribution in [0.3, 0.4) is 0 Å². The fourth-order valence-corrected chi connectivity index (χ4v) is 1.93. The third kappa shape index (κ3) is 1.33. The number of aliphatic carboxylic acids is 1. The third-order valence-corrected chi connectivity index (χ3v) is 2.88. The maximum absolute atomic E-state index is 11.1. The molecule has 1 aromatic rings. The number of aryl methyl sites for hydroxylation is 1. The Bertz CT molecular complexity index is 409. The lowest BCUT2D eigenvalue weighted by Gasteiger charge is -2.14. The Balaban J connectivity index is 2.58. The van der Waals surface area contributed by atoms with Gasteiger partial charge in [-0.1, -0.05) is 0 Å². The van der Waals surface area contributed by atoms with Gasteiger partial charge in [0.2, 0.25) is 0 Å². The molecule has 0 spiro atoms. The van der Waals surface area contributed by atoms with Gasteiger partial charge in [0.05, 0.1) is 5.56 Å². The van der Waals surface area contributed by atoms with Crippen molar-refractivity contribution in [1.29, 1.82) is 0 Å². The largest absolute Gasteiger partial charge is 0.507 e. The lowest BCUT2D eigenvalue weighted by atomic mass is 9.93. The van der Waals surface area contributed by atoms with Gasteiger partial charge in [-0.15, -0.1) is 0 Å². The second kappa shape index (κ2) is 2.89. The summed E-state index contributed by atoms with van der Waals surface area (Å²) in [6.45, 7) is 1.73. The van der Waals surface area contributed by atoms with Crippen LogP contribution in [0, 0.1) is 6.92 Å². The topological polar surface area (TPSA) is 77.8 Å². The van der Waals surface area contributed by atoms with Gasteiger partial charge in [0.1, 0.15) is 16.9 Å². The Morgan fingerprint density at radius 3 is 2.07 bits per heavy atom. The van der Waals surface area contributed by atoms with E-state index in [0.29, 0.717) is 18.4 Å². The minimum Gasteiger partial charge on any atom is -0.507 e. The molecule has 0 atom stereocenters. The van der Waals surface area contributed by atoms with Gasteiger partial charge in [0.15, 0.2) is 0 Å². The minimum absolute atomic E-state index is 0.132.